The minimum atomic E-state index is -1.61. The zero-order valence-electron chi connectivity index (χ0n) is 19.5. The average molecular weight is 500 g/mol. The molecule has 182 valence electrons. The molecule has 1 fully saturated rings. The molecule has 0 saturated carbocycles. The van der Waals surface area contributed by atoms with Crippen LogP contribution in [0.25, 0.3) is 0 Å². The SMILES string of the molecule is Cc1cc(C(=O)CN2C(=O)NC(C)(c3ccc(F)c(F)c3)C2=O)c(C)n1CCc1ccc(Cl)cc1. The summed E-state index contributed by atoms with van der Waals surface area (Å²) in [5, 5.41) is 3.17. The van der Waals surface area contributed by atoms with E-state index in [1.165, 1.54) is 13.0 Å². The Morgan fingerprint density at radius 3 is 2.37 bits per heavy atom. The Bertz CT molecular complexity index is 1340. The molecule has 1 saturated heterocycles. The van der Waals surface area contributed by atoms with Gasteiger partial charge in [0.2, 0.25) is 0 Å². The number of nitrogens with zero attached hydrogens (tertiary/aromatic N) is 2. The normalized spacial score (nSPS) is 17.7. The van der Waals surface area contributed by atoms with Crippen molar-refractivity contribution in [2.45, 2.75) is 39.3 Å². The highest BCUT2D eigenvalue weighted by atomic mass is 35.5. The van der Waals surface area contributed by atoms with Crippen molar-refractivity contribution in [2.75, 3.05) is 6.54 Å². The highest BCUT2D eigenvalue weighted by molar-refractivity contribution is 6.30. The minimum Gasteiger partial charge on any atom is -0.348 e. The monoisotopic (exact) mass is 499 g/mol. The van der Waals surface area contributed by atoms with Crippen LogP contribution in [0, 0.1) is 25.5 Å². The number of amides is 3. The zero-order valence-corrected chi connectivity index (χ0v) is 20.2. The number of carbonyl (C=O) groups excluding carboxylic acids is 3. The van der Waals surface area contributed by atoms with Crippen LogP contribution in [0.4, 0.5) is 13.6 Å². The van der Waals surface area contributed by atoms with Crippen molar-refractivity contribution in [3.63, 3.8) is 0 Å². The smallest absolute Gasteiger partial charge is 0.325 e. The second-order valence-electron chi connectivity index (χ2n) is 8.81. The number of rotatable bonds is 7. The lowest BCUT2D eigenvalue weighted by molar-refractivity contribution is -0.130. The van der Waals surface area contributed by atoms with E-state index in [4.69, 9.17) is 11.6 Å². The van der Waals surface area contributed by atoms with Gasteiger partial charge in [0, 0.05) is 28.5 Å². The van der Waals surface area contributed by atoms with Crippen molar-refractivity contribution in [1.29, 1.82) is 0 Å². The van der Waals surface area contributed by atoms with Gasteiger partial charge in [0.25, 0.3) is 5.91 Å². The maximum absolute atomic E-state index is 13.8. The molecule has 1 unspecified atom stereocenters. The summed E-state index contributed by atoms with van der Waals surface area (Å²) in [6.07, 6.45) is 0.737. The first-order chi connectivity index (χ1) is 16.5. The molecule has 2 aromatic carbocycles. The molecule has 9 heteroatoms. The molecule has 3 amide bonds. The number of hydrogen-bond acceptors (Lipinski definition) is 3. The second-order valence-corrected chi connectivity index (χ2v) is 9.25. The third-order valence-corrected chi connectivity index (χ3v) is 6.74. The van der Waals surface area contributed by atoms with Gasteiger partial charge in [0.1, 0.15) is 5.54 Å². The molecule has 0 radical (unpaired) electrons. The molecule has 0 spiro atoms. The molecule has 1 aromatic heterocycles. The fraction of sp³-hybridized carbons (Fsp3) is 0.269. The maximum Gasteiger partial charge on any atom is 0.325 e. The fourth-order valence-corrected chi connectivity index (χ4v) is 4.52. The number of benzene rings is 2. The van der Waals surface area contributed by atoms with Gasteiger partial charge in [-0.2, -0.15) is 0 Å². The molecule has 1 atom stereocenters. The lowest BCUT2D eigenvalue weighted by atomic mass is 9.92. The van der Waals surface area contributed by atoms with Crippen molar-refractivity contribution in [2.24, 2.45) is 0 Å². The van der Waals surface area contributed by atoms with Crippen LogP contribution in [-0.2, 0) is 23.3 Å². The van der Waals surface area contributed by atoms with Crippen LogP contribution in [0.3, 0.4) is 0 Å². The Hall–Kier alpha value is -3.52. The van der Waals surface area contributed by atoms with Gasteiger partial charge in [-0.05, 0) is 68.7 Å². The number of halogens is 3. The van der Waals surface area contributed by atoms with Gasteiger partial charge in [0.05, 0.1) is 6.54 Å². The summed E-state index contributed by atoms with van der Waals surface area (Å²) < 4.78 is 29.1. The number of urea groups is 1. The molecule has 3 aromatic rings. The molecule has 1 aliphatic rings. The van der Waals surface area contributed by atoms with Crippen LogP contribution in [-0.4, -0.2) is 33.7 Å². The number of imide groups is 1. The Morgan fingerprint density at radius 2 is 1.71 bits per heavy atom. The quantitative estimate of drug-likeness (QED) is 0.370. The van der Waals surface area contributed by atoms with E-state index in [1.54, 1.807) is 6.07 Å². The first kappa shape index (κ1) is 24.6. The summed E-state index contributed by atoms with van der Waals surface area (Å²) in [7, 11) is 0. The molecule has 2 heterocycles. The first-order valence-electron chi connectivity index (χ1n) is 11.1. The van der Waals surface area contributed by atoms with E-state index in [2.05, 4.69) is 5.32 Å². The van der Waals surface area contributed by atoms with Crippen LogP contribution in [0.2, 0.25) is 5.02 Å². The van der Waals surface area contributed by atoms with Crippen molar-refractivity contribution in [3.05, 3.63) is 93.3 Å². The lowest BCUT2D eigenvalue weighted by Gasteiger charge is -2.22. The van der Waals surface area contributed by atoms with Gasteiger partial charge >= 0.3 is 6.03 Å². The lowest BCUT2D eigenvalue weighted by Crippen LogP contribution is -2.41. The van der Waals surface area contributed by atoms with E-state index in [9.17, 15) is 23.2 Å². The van der Waals surface area contributed by atoms with Gasteiger partial charge < -0.3 is 9.88 Å². The Labute approximate surface area is 206 Å². The molecule has 1 N–H and O–H groups in total. The summed E-state index contributed by atoms with van der Waals surface area (Å²) in [5.41, 5.74) is 1.61. The summed E-state index contributed by atoms with van der Waals surface area (Å²) in [6.45, 7) is 5.28. The number of hydrogen-bond donors (Lipinski definition) is 1. The third-order valence-electron chi connectivity index (χ3n) is 6.49. The van der Waals surface area contributed by atoms with Crippen molar-refractivity contribution in [3.8, 4) is 0 Å². The molecule has 4 rings (SSSR count). The zero-order chi connectivity index (χ0) is 25.5. The van der Waals surface area contributed by atoms with E-state index < -0.39 is 41.4 Å². The maximum atomic E-state index is 13.8. The van der Waals surface area contributed by atoms with Crippen LogP contribution in [0.1, 0.15) is 39.8 Å². The largest absolute Gasteiger partial charge is 0.348 e. The predicted octanol–water partition coefficient (Wildman–Crippen LogP) is 4.93. The first-order valence-corrected chi connectivity index (χ1v) is 11.4. The highest BCUT2D eigenvalue weighted by Gasteiger charge is 2.49. The third kappa shape index (κ3) is 4.58. The summed E-state index contributed by atoms with van der Waals surface area (Å²) in [6, 6.07) is 11.5. The van der Waals surface area contributed by atoms with Crippen LogP contribution < -0.4 is 5.32 Å². The van der Waals surface area contributed by atoms with E-state index >= 15 is 0 Å². The van der Waals surface area contributed by atoms with Gasteiger partial charge in [-0.15, -0.1) is 0 Å². The van der Waals surface area contributed by atoms with E-state index in [0.717, 1.165) is 40.4 Å². The fourth-order valence-electron chi connectivity index (χ4n) is 4.39. The molecular formula is C26H24ClF2N3O3. The van der Waals surface area contributed by atoms with E-state index in [1.807, 2.05) is 42.7 Å². The van der Waals surface area contributed by atoms with Crippen LogP contribution in [0.5, 0.6) is 0 Å². The summed E-state index contributed by atoms with van der Waals surface area (Å²) in [4.78, 5) is 39.6. The van der Waals surface area contributed by atoms with Crippen molar-refractivity contribution < 1.29 is 23.2 Å². The van der Waals surface area contributed by atoms with Crippen molar-refractivity contribution >= 4 is 29.3 Å². The standard InChI is InChI=1S/C26H24ClF2N3O3/c1-15-12-20(16(2)31(15)11-10-17-4-7-19(27)8-5-17)23(33)14-32-24(34)26(3,30-25(32)35)18-6-9-21(28)22(29)13-18/h4-9,12-13H,10-11,14H2,1-3H3,(H,30,35). The van der Waals surface area contributed by atoms with Gasteiger partial charge in [-0.1, -0.05) is 29.8 Å². The number of ketones is 1. The molecule has 35 heavy (non-hydrogen) atoms. The Balaban J connectivity index is 1.51. The van der Waals surface area contributed by atoms with Crippen LogP contribution in [0.15, 0.2) is 48.5 Å². The second kappa shape index (κ2) is 9.26. The van der Waals surface area contributed by atoms with Gasteiger partial charge in [-0.25, -0.2) is 13.6 Å². The van der Waals surface area contributed by atoms with Gasteiger partial charge in [-0.3, -0.25) is 14.5 Å². The van der Waals surface area contributed by atoms with E-state index in [0.29, 0.717) is 17.1 Å². The topological polar surface area (TPSA) is 71.4 Å². The summed E-state index contributed by atoms with van der Waals surface area (Å²) >= 11 is 5.94. The van der Waals surface area contributed by atoms with Crippen LogP contribution >= 0.6 is 11.6 Å². The molecular weight excluding hydrogens is 476 g/mol. The molecule has 6 nitrogen and oxygen atoms in total. The highest BCUT2D eigenvalue weighted by Crippen LogP contribution is 2.30. The number of Topliss-reactive ketones (excluding diaryl/α,β-unsaturated/α-hetero) is 1. The number of aromatic nitrogens is 1. The number of carbonyl (C=O) groups is 3. The Morgan fingerprint density at radius 1 is 1.03 bits per heavy atom. The van der Waals surface area contributed by atoms with Crippen molar-refractivity contribution in [1.82, 2.24) is 14.8 Å². The van der Waals surface area contributed by atoms with E-state index in [-0.39, 0.29) is 5.56 Å². The molecule has 1 aliphatic heterocycles. The molecule has 0 aliphatic carbocycles. The summed E-state index contributed by atoms with van der Waals surface area (Å²) in [5.74, 6) is -3.30. The minimum absolute atomic E-state index is 0.0880. The predicted molar refractivity (Wildman–Crippen MR) is 127 cm³/mol. The van der Waals surface area contributed by atoms with Gasteiger partial charge in [0.15, 0.2) is 17.4 Å². The molecule has 0 bridgehead atoms. The number of aryl methyl sites for hydroxylation is 2. The Kier molecular flexibility index (Phi) is 6.51. The average Bonchev–Trinajstić information content (AvgIpc) is 3.22. The number of nitrogens with one attached hydrogen (secondary N) is 1.